The van der Waals surface area contributed by atoms with E-state index in [1.807, 2.05) is 18.2 Å². The molecule has 3 heteroatoms. The Morgan fingerprint density at radius 2 is 2.19 bits per heavy atom. The third-order valence-electron chi connectivity index (χ3n) is 3.19. The van der Waals surface area contributed by atoms with Gasteiger partial charge in [0.1, 0.15) is 5.75 Å². The molecule has 0 bridgehead atoms. The number of methoxy groups -OCH3 is 1. The van der Waals surface area contributed by atoms with Gasteiger partial charge in [0.2, 0.25) is 0 Å². The van der Waals surface area contributed by atoms with E-state index in [0.717, 1.165) is 23.4 Å². The Morgan fingerprint density at radius 3 is 2.81 bits per heavy atom. The zero-order chi connectivity index (χ0) is 11.7. The zero-order valence-electron chi connectivity index (χ0n) is 9.91. The lowest BCUT2D eigenvalue weighted by atomic mass is 9.83. The molecule has 0 fully saturated rings. The van der Waals surface area contributed by atoms with Gasteiger partial charge >= 0.3 is 0 Å². The van der Waals surface area contributed by atoms with Gasteiger partial charge in [0.15, 0.2) is 0 Å². The van der Waals surface area contributed by atoms with E-state index in [0.29, 0.717) is 11.8 Å². The number of hydrogen-bond acceptors (Lipinski definition) is 2. The zero-order valence-corrected chi connectivity index (χ0v) is 9.91. The summed E-state index contributed by atoms with van der Waals surface area (Å²) in [7, 11) is 1.65. The number of amides is 1. The van der Waals surface area contributed by atoms with Gasteiger partial charge in [0.25, 0.3) is 5.91 Å². The van der Waals surface area contributed by atoms with Crippen LogP contribution >= 0.6 is 0 Å². The molecule has 1 aromatic carbocycles. The monoisotopic (exact) mass is 219 g/mol. The van der Waals surface area contributed by atoms with Crippen LogP contribution in [0.4, 0.5) is 0 Å². The second-order valence-corrected chi connectivity index (χ2v) is 4.51. The highest BCUT2D eigenvalue weighted by Crippen LogP contribution is 2.32. The smallest absolute Gasteiger partial charge is 0.251 e. The summed E-state index contributed by atoms with van der Waals surface area (Å²) in [5.41, 5.74) is 1.89. The summed E-state index contributed by atoms with van der Waals surface area (Å²) < 4.78 is 5.21. The molecule has 0 saturated heterocycles. The summed E-state index contributed by atoms with van der Waals surface area (Å²) >= 11 is 0. The maximum Gasteiger partial charge on any atom is 0.251 e. The number of carbonyl (C=O) groups excluding carboxylic acids is 1. The molecule has 1 heterocycles. The highest BCUT2D eigenvalue weighted by atomic mass is 16.5. The predicted octanol–water partition coefficient (Wildman–Crippen LogP) is 2.18. The van der Waals surface area contributed by atoms with Gasteiger partial charge in [-0.2, -0.15) is 0 Å². The van der Waals surface area contributed by atoms with Crippen LogP contribution in [-0.4, -0.2) is 19.6 Å². The van der Waals surface area contributed by atoms with Crippen molar-refractivity contribution in [3.8, 4) is 5.75 Å². The van der Waals surface area contributed by atoms with E-state index in [1.54, 1.807) is 7.11 Å². The van der Waals surface area contributed by atoms with Gasteiger partial charge in [-0.25, -0.2) is 0 Å². The number of rotatable bonds is 2. The highest BCUT2D eigenvalue weighted by molar-refractivity contribution is 5.97. The van der Waals surface area contributed by atoms with Crippen molar-refractivity contribution in [1.29, 1.82) is 0 Å². The molecule has 1 atom stereocenters. The van der Waals surface area contributed by atoms with Gasteiger partial charge in [-0.15, -0.1) is 0 Å². The van der Waals surface area contributed by atoms with Crippen molar-refractivity contribution in [2.45, 2.75) is 19.8 Å². The second kappa shape index (κ2) is 4.16. The first-order valence-electron chi connectivity index (χ1n) is 5.59. The van der Waals surface area contributed by atoms with E-state index in [-0.39, 0.29) is 5.91 Å². The summed E-state index contributed by atoms with van der Waals surface area (Å²) in [6.07, 6.45) is 0. The third kappa shape index (κ3) is 1.77. The molecule has 0 aliphatic carbocycles. The van der Waals surface area contributed by atoms with Crippen LogP contribution in [0.5, 0.6) is 5.75 Å². The summed E-state index contributed by atoms with van der Waals surface area (Å²) in [6, 6.07) is 5.66. The van der Waals surface area contributed by atoms with Gasteiger partial charge < -0.3 is 10.1 Å². The molecule has 1 unspecified atom stereocenters. The van der Waals surface area contributed by atoms with Crippen LogP contribution in [-0.2, 0) is 0 Å². The standard InChI is InChI=1S/C13H17NO2/c1-8(2)12-7-14-13(15)10-5-4-9(16-3)6-11(10)12/h4-6,8,12H,7H2,1-3H3,(H,14,15). The quantitative estimate of drug-likeness (QED) is 0.828. The summed E-state index contributed by atoms with van der Waals surface area (Å²) in [5, 5.41) is 2.93. The maximum atomic E-state index is 11.7. The van der Waals surface area contributed by atoms with Crippen LogP contribution < -0.4 is 10.1 Å². The first-order chi connectivity index (χ1) is 7.63. The van der Waals surface area contributed by atoms with Crippen LogP contribution in [0.2, 0.25) is 0 Å². The molecular formula is C13H17NO2. The molecule has 1 aliphatic rings. The number of benzene rings is 1. The molecule has 0 saturated carbocycles. The minimum atomic E-state index is 0.0227. The summed E-state index contributed by atoms with van der Waals surface area (Å²) in [4.78, 5) is 11.7. The first-order valence-corrected chi connectivity index (χ1v) is 5.59. The lowest BCUT2D eigenvalue weighted by Crippen LogP contribution is -2.36. The van der Waals surface area contributed by atoms with E-state index in [1.165, 1.54) is 0 Å². The lowest BCUT2D eigenvalue weighted by Gasteiger charge is -2.28. The molecule has 0 spiro atoms. The van der Waals surface area contributed by atoms with Crippen molar-refractivity contribution < 1.29 is 9.53 Å². The Hall–Kier alpha value is -1.51. The van der Waals surface area contributed by atoms with E-state index in [2.05, 4.69) is 19.2 Å². The maximum absolute atomic E-state index is 11.7. The van der Waals surface area contributed by atoms with Gasteiger partial charge in [-0.1, -0.05) is 13.8 Å². The topological polar surface area (TPSA) is 38.3 Å². The number of carbonyl (C=O) groups is 1. The number of ether oxygens (including phenoxy) is 1. The fourth-order valence-electron chi connectivity index (χ4n) is 2.18. The van der Waals surface area contributed by atoms with E-state index in [4.69, 9.17) is 4.74 Å². The largest absolute Gasteiger partial charge is 0.497 e. The van der Waals surface area contributed by atoms with Crippen molar-refractivity contribution in [1.82, 2.24) is 5.32 Å². The van der Waals surface area contributed by atoms with Crippen molar-refractivity contribution >= 4 is 5.91 Å². The minimum Gasteiger partial charge on any atom is -0.497 e. The fraction of sp³-hybridized carbons (Fsp3) is 0.462. The number of hydrogen-bond donors (Lipinski definition) is 1. The Bertz CT molecular complexity index is 412. The Balaban J connectivity index is 2.49. The average molecular weight is 219 g/mol. The molecule has 3 nitrogen and oxygen atoms in total. The molecular weight excluding hydrogens is 202 g/mol. The SMILES string of the molecule is COc1ccc2c(c1)C(C(C)C)CNC2=O. The molecule has 1 aliphatic heterocycles. The Kier molecular flexibility index (Phi) is 2.86. The van der Waals surface area contributed by atoms with Crippen molar-refractivity contribution in [2.75, 3.05) is 13.7 Å². The average Bonchev–Trinajstić information content (AvgIpc) is 2.28. The number of fused-ring (bicyclic) bond motifs is 1. The van der Waals surface area contributed by atoms with Gasteiger partial charge in [-0.3, -0.25) is 4.79 Å². The Morgan fingerprint density at radius 1 is 1.44 bits per heavy atom. The molecule has 1 N–H and O–H groups in total. The third-order valence-corrected chi connectivity index (χ3v) is 3.19. The van der Waals surface area contributed by atoms with Crippen molar-refractivity contribution in [3.63, 3.8) is 0 Å². The van der Waals surface area contributed by atoms with Crippen molar-refractivity contribution in [2.24, 2.45) is 5.92 Å². The minimum absolute atomic E-state index is 0.0227. The summed E-state index contributed by atoms with van der Waals surface area (Å²) in [6.45, 7) is 5.06. The van der Waals surface area contributed by atoms with Crippen LogP contribution in [0, 0.1) is 5.92 Å². The fourth-order valence-corrected chi connectivity index (χ4v) is 2.18. The van der Waals surface area contributed by atoms with Gasteiger partial charge in [-0.05, 0) is 29.7 Å². The molecule has 2 rings (SSSR count). The van der Waals surface area contributed by atoms with E-state index in [9.17, 15) is 4.79 Å². The van der Waals surface area contributed by atoms with E-state index >= 15 is 0 Å². The Labute approximate surface area is 95.8 Å². The summed E-state index contributed by atoms with van der Waals surface area (Å²) in [5.74, 6) is 1.72. The van der Waals surface area contributed by atoms with Crippen molar-refractivity contribution in [3.05, 3.63) is 29.3 Å². The molecule has 1 aromatic rings. The molecule has 0 aromatic heterocycles. The van der Waals surface area contributed by atoms with Crippen LogP contribution in [0.15, 0.2) is 18.2 Å². The second-order valence-electron chi connectivity index (χ2n) is 4.51. The van der Waals surface area contributed by atoms with Gasteiger partial charge in [0, 0.05) is 18.0 Å². The molecule has 16 heavy (non-hydrogen) atoms. The molecule has 0 radical (unpaired) electrons. The first kappa shape index (κ1) is 11.0. The van der Waals surface area contributed by atoms with Crippen LogP contribution in [0.1, 0.15) is 35.7 Å². The van der Waals surface area contributed by atoms with E-state index < -0.39 is 0 Å². The van der Waals surface area contributed by atoms with Gasteiger partial charge in [0.05, 0.1) is 7.11 Å². The molecule has 86 valence electrons. The number of nitrogens with one attached hydrogen (secondary N) is 1. The normalized spacial score (nSPS) is 19.2. The molecule has 1 amide bonds. The van der Waals surface area contributed by atoms with Crippen LogP contribution in [0.25, 0.3) is 0 Å². The predicted molar refractivity (Wildman–Crippen MR) is 62.9 cm³/mol. The highest BCUT2D eigenvalue weighted by Gasteiger charge is 2.27. The lowest BCUT2D eigenvalue weighted by molar-refractivity contribution is 0.0936. The van der Waals surface area contributed by atoms with Crippen LogP contribution in [0.3, 0.4) is 0 Å².